The molecule has 32 heavy (non-hydrogen) atoms. The van der Waals surface area contributed by atoms with Gasteiger partial charge >= 0.3 is 0 Å². The van der Waals surface area contributed by atoms with Crippen molar-refractivity contribution in [3.63, 3.8) is 0 Å². The van der Waals surface area contributed by atoms with E-state index in [4.69, 9.17) is 9.84 Å². The van der Waals surface area contributed by atoms with Crippen LogP contribution in [-0.2, 0) is 22.5 Å². The second-order valence-electron chi connectivity index (χ2n) is 8.59. The third-order valence-corrected chi connectivity index (χ3v) is 5.54. The van der Waals surface area contributed by atoms with Crippen molar-refractivity contribution in [2.45, 2.75) is 26.8 Å². The van der Waals surface area contributed by atoms with Gasteiger partial charge in [0.25, 0.3) is 0 Å². The number of aromatic nitrogens is 4. The van der Waals surface area contributed by atoms with Crippen LogP contribution in [0, 0.1) is 11.8 Å². The van der Waals surface area contributed by atoms with Gasteiger partial charge in [-0.15, -0.1) is 5.10 Å². The third-order valence-electron chi connectivity index (χ3n) is 5.54. The number of rotatable bonds is 9. The zero-order valence-electron chi connectivity index (χ0n) is 18.9. The van der Waals surface area contributed by atoms with Gasteiger partial charge in [0, 0.05) is 32.1 Å². The number of nitrogens with one attached hydrogen (secondary N) is 1. The lowest BCUT2D eigenvalue weighted by Crippen LogP contribution is -2.52. The minimum absolute atomic E-state index is 0.0299. The molecule has 1 N–H and O–H groups in total. The van der Waals surface area contributed by atoms with Crippen LogP contribution in [0.3, 0.4) is 0 Å². The van der Waals surface area contributed by atoms with E-state index in [9.17, 15) is 4.79 Å². The van der Waals surface area contributed by atoms with Crippen LogP contribution in [0.15, 0.2) is 48.7 Å². The Balaban J connectivity index is 1.39. The van der Waals surface area contributed by atoms with Gasteiger partial charge in [-0.1, -0.05) is 26.0 Å². The van der Waals surface area contributed by atoms with Gasteiger partial charge in [-0.2, -0.15) is 10.2 Å². The number of methoxy groups -OCH3 is 1. The summed E-state index contributed by atoms with van der Waals surface area (Å²) in [6.07, 6.45) is 2.58. The molecule has 1 saturated heterocycles. The van der Waals surface area contributed by atoms with E-state index in [0.717, 1.165) is 34.9 Å². The standard InChI is InChI=1S/C24H30N6O2/c1-17(2)13-21-14-22(30(28-21)11-12-32-3)18-6-8-20(9-7-18)26-24(31)19-15-29(16-19)23-5-4-10-25-27-23/h4-10,14,17,19H,11-13,15-16H2,1-3H3,(H,26,31). The first kappa shape index (κ1) is 22.0. The number of hydrogen-bond donors (Lipinski definition) is 1. The molecule has 0 atom stereocenters. The summed E-state index contributed by atoms with van der Waals surface area (Å²) < 4.78 is 7.25. The van der Waals surface area contributed by atoms with E-state index in [0.29, 0.717) is 32.2 Å². The molecule has 0 aliphatic carbocycles. The van der Waals surface area contributed by atoms with Gasteiger partial charge < -0.3 is 15.0 Å². The van der Waals surface area contributed by atoms with Crippen LogP contribution in [-0.4, -0.2) is 52.7 Å². The fraction of sp³-hybridized carbons (Fsp3) is 0.417. The molecule has 8 heteroatoms. The summed E-state index contributed by atoms with van der Waals surface area (Å²) in [6.45, 7) is 7.00. The average Bonchev–Trinajstić information content (AvgIpc) is 3.14. The van der Waals surface area contributed by atoms with Crippen molar-refractivity contribution in [3.05, 3.63) is 54.4 Å². The van der Waals surface area contributed by atoms with Gasteiger partial charge in [-0.05, 0) is 48.2 Å². The largest absolute Gasteiger partial charge is 0.383 e. The lowest BCUT2D eigenvalue weighted by Gasteiger charge is -2.38. The summed E-state index contributed by atoms with van der Waals surface area (Å²) >= 11 is 0. The second kappa shape index (κ2) is 9.91. The molecule has 0 saturated carbocycles. The topological polar surface area (TPSA) is 85.2 Å². The molecule has 1 aromatic carbocycles. The van der Waals surface area contributed by atoms with Gasteiger partial charge in [-0.3, -0.25) is 9.48 Å². The van der Waals surface area contributed by atoms with E-state index in [1.165, 1.54) is 0 Å². The van der Waals surface area contributed by atoms with Crippen LogP contribution in [0.25, 0.3) is 11.3 Å². The number of nitrogens with zero attached hydrogens (tertiary/aromatic N) is 5. The van der Waals surface area contributed by atoms with E-state index >= 15 is 0 Å². The van der Waals surface area contributed by atoms with E-state index in [1.54, 1.807) is 13.3 Å². The summed E-state index contributed by atoms with van der Waals surface area (Å²) in [6, 6.07) is 13.9. The first-order valence-electron chi connectivity index (χ1n) is 11.0. The fourth-order valence-electron chi connectivity index (χ4n) is 3.83. The Kier molecular flexibility index (Phi) is 6.80. The van der Waals surface area contributed by atoms with Crippen molar-refractivity contribution in [3.8, 4) is 11.3 Å². The highest BCUT2D eigenvalue weighted by atomic mass is 16.5. The van der Waals surface area contributed by atoms with Crippen molar-refractivity contribution in [2.75, 3.05) is 37.0 Å². The van der Waals surface area contributed by atoms with Crippen molar-refractivity contribution < 1.29 is 9.53 Å². The number of carbonyl (C=O) groups is 1. The quantitative estimate of drug-likeness (QED) is 0.556. The summed E-state index contributed by atoms with van der Waals surface area (Å²) in [7, 11) is 1.70. The zero-order valence-corrected chi connectivity index (χ0v) is 18.9. The summed E-state index contributed by atoms with van der Waals surface area (Å²) in [5, 5.41) is 15.8. The van der Waals surface area contributed by atoms with Gasteiger partial charge in [0.1, 0.15) is 0 Å². The van der Waals surface area contributed by atoms with Crippen LogP contribution in [0.4, 0.5) is 11.5 Å². The maximum atomic E-state index is 12.6. The third kappa shape index (κ3) is 5.13. The Morgan fingerprint density at radius 1 is 1.22 bits per heavy atom. The lowest BCUT2D eigenvalue weighted by molar-refractivity contribution is -0.120. The Morgan fingerprint density at radius 2 is 2.00 bits per heavy atom. The number of benzene rings is 1. The molecule has 0 radical (unpaired) electrons. The number of anilines is 2. The minimum atomic E-state index is -0.0502. The predicted molar refractivity (Wildman–Crippen MR) is 124 cm³/mol. The molecule has 0 bridgehead atoms. The van der Waals surface area contributed by atoms with Crippen molar-refractivity contribution in [1.29, 1.82) is 0 Å². The van der Waals surface area contributed by atoms with Crippen LogP contribution < -0.4 is 10.2 Å². The molecule has 2 aromatic heterocycles. The van der Waals surface area contributed by atoms with Crippen molar-refractivity contribution in [2.24, 2.45) is 11.8 Å². The monoisotopic (exact) mass is 434 g/mol. The van der Waals surface area contributed by atoms with E-state index < -0.39 is 0 Å². The Hall–Kier alpha value is -3.26. The number of amides is 1. The first-order valence-corrected chi connectivity index (χ1v) is 11.0. The van der Waals surface area contributed by atoms with Crippen LogP contribution in [0.5, 0.6) is 0 Å². The van der Waals surface area contributed by atoms with E-state index in [-0.39, 0.29) is 11.8 Å². The molecule has 1 aliphatic rings. The highest BCUT2D eigenvalue weighted by Crippen LogP contribution is 2.26. The summed E-state index contributed by atoms with van der Waals surface area (Å²) in [5.41, 5.74) is 4.01. The Bertz CT molecular complexity index is 1030. The Labute approximate surface area is 188 Å². The second-order valence-corrected chi connectivity index (χ2v) is 8.59. The predicted octanol–water partition coefficient (Wildman–Crippen LogP) is 3.26. The molecule has 168 valence electrons. The average molecular weight is 435 g/mol. The summed E-state index contributed by atoms with van der Waals surface area (Å²) in [5.74, 6) is 1.33. The van der Waals surface area contributed by atoms with E-state index in [1.807, 2.05) is 41.1 Å². The van der Waals surface area contributed by atoms with Crippen LogP contribution in [0.2, 0.25) is 0 Å². The number of hydrogen-bond acceptors (Lipinski definition) is 6. The Morgan fingerprint density at radius 3 is 2.66 bits per heavy atom. The highest BCUT2D eigenvalue weighted by Gasteiger charge is 2.33. The number of carbonyl (C=O) groups excluding carboxylic acids is 1. The maximum absolute atomic E-state index is 12.6. The molecule has 8 nitrogen and oxygen atoms in total. The van der Waals surface area contributed by atoms with Gasteiger partial charge in [0.15, 0.2) is 5.82 Å². The molecule has 4 rings (SSSR count). The fourth-order valence-corrected chi connectivity index (χ4v) is 3.83. The molecular weight excluding hydrogens is 404 g/mol. The minimum Gasteiger partial charge on any atom is -0.383 e. The van der Waals surface area contributed by atoms with E-state index in [2.05, 4.69) is 40.3 Å². The zero-order chi connectivity index (χ0) is 22.5. The van der Waals surface area contributed by atoms with Gasteiger partial charge in [0.05, 0.1) is 30.5 Å². The molecule has 3 aromatic rings. The molecule has 1 aliphatic heterocycles. The highest BCUT2D eigenvalue weighted by molar-refractivity contribution is 5.94. The van der Waals surface area contributed by atoms with Gasteiger partial charge in [0.2, 0.25) is 5.91 Å². The van der Waals surface area contributed by atoms with Crippen LogP contribution in [0.1, 0.15) is 19.5 Å². The molecule has 1 amide bonds. The SMILES string of the molecule is COCCn1nc(CC(C)C)cc1-c1ccc(NC(=O)C2CN(c3cccnn3)C2)cc1. The molecule has 3 heterocycles. The van der Waals surface area contributed by atoms with Crippen molar-refractivity contribution >= 4 is 17.4 Å². The van der Waals surface area contributed by atoms with Gasteiger partial charge in [-0.25, -0.2) is 0 Å². The molecule has 0 unspecified atom stereocenters. The molecular formula is C24H30N6O2. The lowest BCUT2D eigenvalue weighted by atomic mass is 9.99. The smallest absolute Gasteiger partial charge is 0.231 e. The summed E-state index contributed by atoms with van der Waals surface area (Å²) in [4.78, 5) is 14.7. The maximum Gasteiger partial charge on any atom is 0.231 e. The first-order chi connectivity index (χ1) is 15.5. The van der Waals surface area contributed by atoms with Crippen LogP contribution >= 0.6 is 0 Å². The van der Waals surface area contributed by atoms with Crippen molar-refractivity contribution in [1.82, 2.24) is 20.0 Å². The number of ether oxygens (including phenoxy) is 1. The molecule has 1 fully saturated rings. The molecule has 0 spiro atoms. The normalized spacial score (nSPS) is 13.9.